The van der Waals surface area contributed by atoms with Gasteiger partial charge in [-0.05, 0) is 45.7 Å². The predicted octanol–water partition coefficient (Wildman–Crippen LogP) is 2.50. The molecule has 0 aromatic heterocycles. The van der Waals surface area contributed by atoms with Crippen molar-refractivity contribution < 1.29 is 14.7 Å². The van der Waals surface area contributed by atoms with E-state index in [1.54, 1.807) is 0 Å². The first-order valence-corrected chi connectivity index (χ1v) is 8.01. The van der Waals surface area contributed by atoms with Crippen LogP contribution in [0, 0.1) is 5.92 Å². The summed E-state index contributed by atoms with van der Waals surface area (Å²) in [6.07, 6.45) is 2.64. The molecule has 0 heterocycles. The van der Waals surface area contributed by atoms with E-state index in [1.165, 1.54) is 0 Å². The Hall–Kier alpha value is -1.10. The van der Waals surface area contributed by atoms with Gasteiger partial charge in [-0.1, -0.05) is 34.1 Å². The van der Waals surface area contributed by atoms with Gasteiger partial charge in [-0.2, -0.15) is 0 Å². The summed E-state index contributed by atoms with van der Waals surface area (Å²) < 4.78 is 0. The Bertz CT molecular complexity index is 336. The SMILES string of the molecule is CCCN(CCC)C(C)(C)C(=O)NC(C(=O)O)C(C)CC. The highest BCUT2D eigenvalue weighted by Gasteiger charge is 2.37. The number of nitrogens with zero attached hydrogens (tertiary/aromatic N) is 1. The third kappa shape index (κ3) is 5.65. The Morgan fingerprint density at radius 3 is 1.95 bits per heavy atom. The number of carboxylic acids is 1. The Labute approximate surface area is 129 Å². The average molecular weight is 300 g/mol. The molecule has 0 fully saturated rings. The average Bonchev–Trinajstić information content (AvgIpc) is 2.42. The van der Waals surface area contributed by atoms with E-state index in [0.717, 1.165) is 25.9 Å². The van der Waals surface area contributed by atoms with Gasteiger partial charge in [0.1, 0.15) is 6.04 Å². The molecule has 1 amide bonds. The monoisotopic (exact) mass is 300 g/mol. The van der Waals surface area contributed by atoms with Crippen molar-refractivity contribution in [2.24, 2.45) is 5.92 Å². The summed E-state index contributed by atoms with van der Waals surface area (Å²) in [4.78, 5) is 26.1. The number of carbonyl (C=O) groups excluding carboxylic acids is 1. The van der Waals surface area contributed by atoms with Gasteiger partial charge in [-0.3, -0.25) is 9.69 Å². The Balaban J connectivity index is 5.04. The van der Waals surface area contributed by atoms with Gasteiger partial charge in [0.15, 0.2) is 0 Å². The second-order valence-corrected chi connectivity index (χ2v) is 6.22. The van der Waals surface area contributed by atoms with E-state index in [0.29, 0.717) is 6.42 Å². The fourth-order valence-electron chi connectivity index (χ4n) is 2.36. The Kier molecular flexibility index (Phi) is 8.55. The quantitative estimate of drug-likeness (QED) is 0.650. The smallest absolute Gasteiger partial charge is 0.326 e. The molecule has 21 heavy (non-hydrogen) atoms. The number of nitrogens with one attached hydrogen (secondary N) is 1. The van der Waals surface area contributed by atoms with E-state index in [2.05, 4.69) is 24.1 Å². The van der Waals surface area contributed by atoms with Crippen LogP contribution in [0.3, 0.4) is 0 Å². The zero-order chi connectivity index (χ0) is 16.6. The highest BCUT2D eigenvalue weighted by Crippen LogP contribution is 2.17. The number of hydrogen-bond donors (Lipinski definition) is 2. The summed E-state index contributed by atoms with van der Waals surface area (Å²) in [5.74, 6) is -1.27. The number of carbonyl (C=O) groups is 2. The first-order valence-electron chi connectivity index (χ1n) is 8.01. The van der Waals surface area contributed by atoms with Gasteiger partial charge in [0.2, 0.25) is 5.91 Å². The molecular weight excluding hydrogens is 268 g/mol. The van der Waals surface area contributed by atoms with Gasteiger partial charge in [0.25, 0.3) is 0 Å². The zero-order valence-corrected chi connectivity index (χ0v) is 14.4. The molecule has 124 valence electrons. The number of carboxylic acid groups (broad SMARTS) is 1. The lowest BCUT2D eigenvalue weighted by molar-refractivity contribution is -0.145. The van der Waals surface area contributed by atoms with E-state index in [1.807, 2.05) is 27.7 Å². The largest absolute Gasteiger partial charge is 0.480 e. The molecule has 0 radical (unpaired) electrons. The minimum atomic E-state index is -0.967. The number of amides is 1. The molecule has 2 unspecified atom stereocenters. The zero-order valence-electron chi connectivity index (χ0n) is 14.4. The van der Waals surface area contributed by atoms with Crippen LogP contribution in [-0.2, 0) is 9.59 Å². The van der Waals surface area contributed by atoms with Crippen LogP contribution in [0.1, 0.15) is 60.8 Å². The van der Waals surface area contributed by atoms with Crippen molar-refractivity contribution in [1.82, 2.24) is 10.2 Å². The Morgan fingerprint density at radius 2 is 1.62 bits per heavy atom. The number of aliphatic carboxylic acids is 1. The van der Waals surface area contributed by atoms with E-state index in [-0.39, 0.29) is 11.8 Å². The van der Waals surface area contributed by atoms with Crippen molar-refractivity contribution in [2.75, 3.05) is 13.1 Å². The lowest BCUT2D eigenvalue weighted by atomic mass is 9.95. The van der Waals surface area contributed by atoms with Crippen LogP contribution in [-0.4, -0.2) is 46.6 Å². The number of rotatable bonds is 10. The maximum Gasteiger partial charge on any atom is 0.326 e. The van der Waals surface area contributed by atoms with Crippen molar-refractivity contribution in [2.45, 2.75) is 72.4 Å². The van der Waals surface area contributed by atoms with Crippen molar-refractivity contribution in [3.05, 3.63) is 0 Å². The lowest BCUT2D eigenvalue weighted by Gasteiger charge is -2.38. The highest BCUT2D eigenvalue weighted by molar-refractivity contribution is 5.89. The summed E-state index contributed by atoms with van der Waals surface area (Å²) in [7, 11) is 0. The molecule has 0 saturated carbocycles. The summed E-state index contributed by atoms with van der Waals surface area (Å²) in [6, 6.07) is -0.827. The van der Waals surface area contributed by atoms with E-state index >= 15 is 0 Å². The predicted molar refractivity (Wildman–Crippen MR) is 85.3 cm³/mol. The maximum absolute atomic E-state index is 12.6. The van der Waals surface area contributed by atoms with Gasteiger partial charge in [0.05, 0.1) is 5.54 Å². The second kappa shape index (κ2) is 9.03. The van der Waals surface area contributed by atoms with Crippen molar-refractivity contribution >= 4 is 11.9 Å². The molecule has 0 aromatic rings. The van der Waals surface area contributed by atoms with Crippen molar-refractivity contribution in [3.8, 4) is 0 Å². The van der Waals surface area contributed by atoms with Crippen LogP contribution < -0.4 is 5.32 Å². The first kappa shape index (κ1) is 19.9. The normalized spacial score (nSPS) is 14.8. The van der Waals surface area contributed by atoms with Crippen LogP contribution in [0.4, 0.5) is 0 Å². The molecule has 0 aliphatic heterocycles. The van der Waals surface area contributed by atoms with E-state index in [9.17, 15) is 14.7 Å². The minimum Gasteiger partial charge on any atom is -0.480 e. The first-order chi connectivity index (χ1) is 9.72. The van der Waals surface area contributed by atoms with Crippen LogP contribution >= 0.6 is 0 Å². The minimum absolute atomic E-state index is 0.0898. The van der Waals surface area contributed by atoms with Crippen LogP contribution in [0.25, 0.3) is 0 Å². The second-order valence-electron chi connectivity index (χ2n) is 6.22. The van der Waals surface area contributed by atoms with Gasteiger partial charge in [0, 0.05) is 0 Å². The fraction of sp³-hybridized carbons (Fsp3) is 0.875. The van der Waals surface area contributed by atoms with Gasteiger partial charge >= 0.3 is 5.97 Å². The molecule has 0 aliphatic carbocycles. The molecule has 0 aliphatic rings. The number of hydrogen-bond acceptors (Lipinski definition) is 3. The van der Waals surface area contributed by atoms with E-state index in [4.69, 9.17) is 0 Å². The molecule has 5 heteroatoms. The Morgan fingerprint density at radius 1 is 1.14 bits per heavy atom. The van der Waals surface area contributed by atoms with E-state index < -0.39 is 17.6 Å². The fourth-order valence-corrected chi connectivity index (χ4v) is 2.36. The highest BCUT2D eigenvalue weighted by atomic mass is 16.4. The standard InChI is InChI=1S/C16H32N2O3/c1-7-10-18(11-8-2)16(5,6)15(21)17-13(14(19)20)12(4)9-3/h12-13H,7-11H2,1-6H3,(H,17,21)(H,19,20). The third-order valence-electron chi connectivity index (χ3n) is 4.10. The lowest BCUT2D eigenvalue weighted by Crippen LogP contribution is -2.59. The summed E-state index contributed by atoms with van der Waals surface area (Å²) in [5.41, 5.74) is -0.701. The molecule has 2 N–H and O–H groups in total. The molecule has 0 saturated heterocycles. The molecule has 0 bridgehead atoms. The van der Waals surface area contributed by atoms with Gasteiger partial charge in [-0.15, -0.1) is 0 Å². The van der Waals surface area contributed by atoms with Gasteiger partial charge in [-0.25, -0.2) is 4.79 Å². The van der Waals surface area contributed by atoms with Crippen LogP contribution in [0.2, 0.25) is 0 Å². The van der Waals surface area contributed by atoms with Gasteiger partial charge < -0.3 is 10.4 Å². The molecular formula is C16H32N2O3. The molecule has 5 nitrogen and oxygen atoms in total. The summed E-state index contributed by atoms with van der Waals surface area (Å²) >= 11 is 0. The maximum atomic E-state index is 12.6. The van der Waals surface area contributed by atoms with Crippen LogP contribution in [0.5, 0.6) is 0 Å². The van der Waals surface area contributed by atoms with Crippen molar-refractivity contribution in [1.29, 1.82) is 0 Å². The van der Waals surface area contributed by atoms with Crippen molar-refractivity contribution in [3.63, 3.8) is 0 Å². The molecule has 0 aromatic carbocycles. The molecule has 0 spiro atoms. The topological polar surface area (TPSA) is 69.6 Å². The summed E-state index contributed by atoms with van der Waals surface area (Å²) in [5, 5.41) is 12.0. The third-order valence-corrected chi connectivity index (χ3v) is 4.10. The van der Waals surface area contributed by atoms with Crippen LogP contribution in [0.15, 0.2) is 0 Å². The molecule has 0 rings (SSSR count). The molecule has 2 atom stereocenters. The summed E-state index contributed by atoms with van der Waals surface area (Å²) in [6.45, 7) is 13.3.